The molecule has 7 atom stereocenters. The number of aliphatic hydroxyl groups excluding tert-OH is 1. The Morgan fingerprint density at radius 3 is 2.45 bits per heavy atom. The Kier molecular flexibility index (Phi) is 3.18. The first-order valence-corrected chi connectivity index (χ1v) is 10.4. The van der Waals surface area contributed by atoms with Crippen LogP contribution in [0.15, 0.2) is 23.5 Å². The second-order valence-corrected chi connectivity index (χ2v) is 10.8. The number of carboxylic acid groups (broad SMARTS) is 1. The van der Waals surface area contributed by atoms with Crippen molar-refractivity contribution in [3.63, 3.8) is 0 Å². The summed E-state index contributed by atoms with van der Waals surface area (Å²) in [6, 6.07) is 0. The number of allylic oxidation sites excluding steroid dienone is 4. The Labute approximate surface area is 170 Å². The van der Waals surface area contributed by atoms with Crippen LogP contribution in [0.5, 0.6) is 0 Å². The lowest BCUT2D eigenvalue weighted by Crippen LogP contribution is -2.67. The molecular formula is C23H28O6. The molecule has 5 aliphatic rings. The molecule has 6 nitrogen and oxygen atoms in total. The summed E-state index contributed by atoms with van der Waals surface area (Å²) in [6.07, 6.45) is 4.82. The quantitative estimate of drug-likeness (QED) is 0.655. The van der Waals surface area contributed by atoms with Crippen molar-refractivity contribution in [3.05, 3.63) is 23.5 Å². The largest absolute Gasteiger partial charge is 0.504 e. The van der Waals surface area contributed by atoms with Gasteiger partial charge in [-0.25, -0.2) is 0 Å². The zero-order valence-electron chi connectivity index (χ0n) is 17.5. The number of aliphatic carboxylic acids is 1. The van der Waals surface area contributed by atoms with Crippen molar-refractivity contribution < 1.29 is 29.3 Å². The van der Waals surface area contributed by atoms with Crippen LogP contribution in [0.4, 0.5) is 0 Å². The van der Waals surface area contributed by atoms with Gasteiger partial charge in [0, 0.05) is 10.8 Å². The highest BCUT2D eigenvalue weighted by Crippen LogP contribution is 2.79. The van der Waals surface area contributed by atoms with E-state index in [2.05, 4.69) is 0 Å². The molecule has 3 fully saturated rings. The number of hydrogen-bond acceptors (Lipinski definition) is 5. The maximum Gasteiger partial charge on any atom is 0.307 e. The fourth-order valence-corrected chi connectivity index (χ4v) is 8.18. The molecule has 1 aliphatic heterocycles. The van der Waals surface area contributed by atoms with E-state index in [1.807, 2.05) is 26.8 Å². The maximum atomic E-state index is 13.8. The number of hydrogen-bond donors (Lipinski definition) is 2. The normalized spacial score (nSPS) is 51.8. The van der Waals surface area contributed by atoms with E-state index in [-0.39, 0.29) is 23.6 Å². The Morgan fingerprint density at radius 2 is 1.83 bits per heavy atom. The lowest BCUT2D eigenvalue weighted by atomic mass is 9.39. The maximum absolute atomic E-state index is 13.8. The number of carbonyl (C=O) groups excluding carboxylic acids is 2. The molecule has 0 unspecified atom stereocenters. The second-order valence-electron chi connectivity index (χ2n) is 10.8. The number of fused-ring (bicyclic) bond motifs is 3. The van der Waals surface area contributed by atoms with Crippen molar-refractivity contribution >= 4 is 17.5 Å². The molecule has 0 aromatic rings. The van der Waals surface area contributed by atoms with Gasteiger partial charge in [0.15, 0.2) is 11.5 Å². The first-order valence-electron chi connectivity index (χ1n) is 10.4. The van der Waals surface area contributed by atoms with Crippen molar-refractivity contribution in [1.29, 1.82) is 0 Å². The SMILES string of the molecule is CC1(C)C(=O)C=C[C@@]2(C)C1=C(O)C(=O)[C@]1(C)[C@@H]2CC[C@@]2(C)[C@H](C(=O)O)C[C@H]3O[C@]321. The third kappa shape index (κ3) is 1.67. The summed E-state index contributed by atoms with van der Waals surface area (Å²) in [5, 5.41) is 21.0. The van der Waals surface area contributed by atoms with Crippen LogP contribution in [0.3, 0.4) is 0 Å². The number of rotatable bonds is 1. The van der Waals surface area contributed by atoms with Gasteiger partial charge in [-0.3, -0.25) is 14.4 Å². The predicted octanol–water partition coefficient (Wildman–Crippen LogP) is 3.22. The van der Waals surface area contributed by atoms with Crippen molar-refractivity contribution in [1.82, 2.24) is 0 Å². The third-order valence-corrected chi connectivity index (χ3v) is 9.52. The van der Waals surface area contributed by atoms with Crippen LogP contribution in [-0.4, -0.2) is 39.5 Å². The molecular weight excluding hydrogens is 372 g/mol. The average molecular weight is 400 g/mol. The highest BCUT2D eigenvalue weighted by atomic mass is 16.6. The molecule has 0 bridgehead atoms. The molecule has 0 aromatic heterocycles. The van der Waals surface area contributed by atoms with Crippen LogP contribution in [0.1, 0.15) is 53.9 Å². The minimum Gasteiger partial charge on any atom is -0.504 e. The van der Waals surface area contributed by atoms with Gasteiger partial charge in [-0.15, -0.1) is 0 Å². The van der Waals surface area contributed by atoms with Gasteiger partial charge in [0.25, 0.3) is 0 Å². The molecule has 1 spiro atoms. The van der Waals surface area contributed by atoms with Crippen molar-refractivity contribution in [2.45, 2.75) is 65.6 Å². The smallest absolute Gasteiger partial charge is 0.307 e. The Balaban J connectivity index is 1.76. The number of carbonyl (C=O) groups is 3. The molecule has 2 N–H and O–H groups in total. The Hall–Kier alpha value is -1.95. The highest BCUT2D eigenvalue weighted by molar-refractivity contribution is 6.06. The van der Waals surface area contributed by atoms with E-state index < -0.39 is 44.9 Å². The van der Waals surface area contributed by atoms with Crippen molar-refractivity contribution in [3.8, 4) is 0 Å². The molecule has 1 heterocycles. The minimum atomic E-state index is -1.04. The molecule has 6 heteroatoms. The summed E-state index contributed by atoms with van der Waals surface area (Å²) in [4.78, 5) is 38.4. The van der Waals surface area contributed by atoms with Crippen LogP contribution in [-0.2, 0) is 19.1 Å². The van der Waals surface area contributed by atoms with E-state index in [1.165, 1.54) is 0 Å². The van der Waals surface area contributed by atoms with Gasteiger partial charge < -0.3 is 14.9 Å². The van der Waals surface area contributed by atoms with Crippen LogP contribution in [0.2, 0.25) is 0 Å². The van der Waals surface area contributed by atoms with Crippen LogP contribution < -0.4 is 0 Å². The van der Waals surface area contributed by atoms with E-state index in [0.717, 1.165) is 0 Å². The third-order valence-electron chi connectivity index (χ3n) is 9.52. The fourth-order valence-electron chi connectivity index (χ4n) is 8.18. The van der Waals surface area contributed by atoms with Gasteiger partial charge in [0.2, 0.25) is 5.78 Å². The summed E-state index contributed by atoms with van der Waals surface area (Å²) in [7, 11) is 0. The molecule has 4 aliphatic carbocycles. The zero-order chi connectivity index (χ0) is 21.4. The standard InChI is InChI=1S/C23H28O6/c1-19(2)13(24)7-8-20(3)12-6-9-21(4)11(18(27)28)10-14-23(21,29-14)22(12,5)17(26)15(25)16(19)20/h7-8,11-12,14,25H,6,9-10H2,1-5H3,(H,27,28)/t11-,12+,14+,20+,21-,22-,23+/m0/s1. The lowest BCUT2D eigenvalue weighted by molar-refractivity contribution is -0.174. The molecule has 156 valence electrons. The Bertz CT molecular complexity index is 958. The molecule has 29 heavy (non-hydrogen) atoms. The molecule has 0 amide bonds. The predicted molar refractivity (Wildman–Crippen MR) is 103 cm³/mol. The van der Waals surface area contributed by atoms with E-state index in [0.29, 0.717) is 24.8 Å². The van der Waals surface area contributed by atoms with Gasteiger partial charge in [0.1, 0.15) is 5.60 Å². The monoisotopic (exact) mass is 400 g/mol. The summed E-state index contributed by atoms with van der Waals surface area (Å²) in [6.45, 7) is 9.32. The zero-order valence-corrected chi connectivity index (χ0v) is 17.5. The van der Waals surface area contributed by atoms with Gasteiger partial charge in [-0.1, -0.05) is 19.9 Å². The van der Waals surface area contributed by atoms with Gasteiger partial charge in [-0.2, -0.15) is 0 Å². The number of aliphatic hydroxyl groups is 1. The first-order chi connectivity index (χ1) is 13.3. The van der Waals surface area contributed by atoms with Crippen LogP contribution in [0.25, 0.3) is 0 Å². The van der Waals surface area contributed by atoms with Crippen LogP contribution in [0, 0.1) is 33.5 Å². The molecule has 0 radical (unpaired) electrons. The lowest BCUT2D eigenvalue weighted by Gasteiger charge is -2.62. The summed E-state index contributed by atoms with van der Waals surface area (Å²) < 4.78 is 6.21. The number of Topliss-reactive ketones (excluding diaryl/α,β-unsaturated/α-hetero) is 1. The number of ether oxygens (including phenoxy) is 1. The summed E-state index contributed by atoms with van der Waals surface area (Å²) in [5.41, 5.74) is -3.73. The van der Waals surface area contributed by atoms with E-state index in [4.69, 9.17) is 4.74 Å². The summed E-state index contributed by atoms with van der Waals surface area (Å²) in [5.74, 6) is -2.44. The summed E-state index contributed by atoms with van der Waals surface area (Å²) >= 11 is 0. The van der Waals surface area contributed by atoms with E-state index in [1.54, 1.807) is 19.9 Å². The number of carboxylic acids is 1. The van der Waals surface area contributed by atoms with E-state index >= 15 is 0 Å². The van der Waals surface area contributed by atoms with Gasteiger partial charge in [-0.05, 0) is 57.6 Å². The first kappa shape index (κ1) is 19.0. The molecule has 2 saturated carbocycles. The van der Waals surface area contributed by atoms with Crippen LogP contribution >= 0.6 is 0 Å². The molecule has 5 rings (SSSR count). The number of epoxide rings is 1. The molecule has 0 aromatic carbocycles. The average Bonchev–Trinajstić information content (AvgIpc) is 3.30. The van der Waals surface area contributed by atoms with Crippen molar-refractivity contribution in [2.24, 2.45) is 33.5 Å². The topological polar surface area (TPSA) is 104 Å². The minimum absolute atomic E-state index is 0.126. The van der Waals surface area contributed by atoms with Crippen molar-refractivity contribution in [2.75, 3.05) is 0 Å². The van der Waals surface area contributed by atoms with Gasteiger partial charge >= 0.3 is 5.97 Å². The van der Waals surface area contributed by atoms with Gasteiger partial charge in [0.05, 0.1) is 22.9 Å². The Morgan fingerprint density at radius 1 is 1.17 bits per heavy atom. The molecule has 1 saturated heterocycles. The fraction of sp³-hybridized carbons (Fsp3) is 0.696. The number of ketones is 2. The second kappa shape index (κ2) is 4.85. The highest BCUT2D eigenvalue weighted by Gasteiger charge is 2.87. The van der Waals surface area contributed by atoms with E-state index in [9.17, 15) is 24.6 Å².